The number of hydrogen-bond donors (Lipinski definition) is 1. The fraction of sp³-hybridized carbons (Fsp3) is 1.00. The Morgan fingerprint density at radius 2 is 1.20 bits per heavy atom. The Hall–Kier alpha value is 0.190. The largest absolute Gasteiger partial charge is 0.354 e. The lowest BCUT2D eigenvalue weighted by Gasteiger charge is -2.43. The Balaban J connectivity index is 5.27. The van der Waals surface area contributed by atoms with Gasteiger partial charge in [-0.2, -0.15) is 0 Å². The molecule has 20 heavy (non-hydrogen) atoms. The molecule has 0 bridgehead atoms. The molecule has 0 fully saturated rings. The van der Waals surface area contributed by atoms with Crippen LogP contribution in [0, 0.1) is 0 Å². The highest BCUT2D eigenvalue weighted by atomic mass is 31.2. The van der Waals surface area contributed by atoms with E-state index in [0.29, 0.717) is 6.54 Å². The summed E-state index contributed by atoms with van der Waals surface area (Å²) in [5.41, 5.74) is 0. The van der Waals surface area contributed by atoms with E-state index in [-0.39, 0.29) is 6.29 Å². The van der Waals surface area contributed by atoms with Crippen LogP contribution >= 0.6 is 7.87 Å². The second-order valence-electron chi connectivity index (χ2n) is 4.75. The lowest BCUT2D eigenvalue weighted by Crippen LogP contribution is -2.49. The zero-order valence-corrected chi connectivity index (χ0v) is 15.4. The van der Waals surface area contributed by atoms with Gasteiger partial charge in [-0.3, -0.25) is 0 Å². The molecule has 0 rings (SSSR count). The molecule has 0 spiro atoms. The lowest BCUT2D eigenvalue weighted by molar-refractivity contribution is -0.0965. The molecular formula is C13H34N4O2P+. The average Bonchev–Trinajstić information content (AvgIpc) is 2.49. The van der Waals surface area contributed by atoms with E-state index in [4.69, 9.17) is 9.47 Å². The first-order valence-electron chi connectivity index (χ1n) is 7.28. The van der Waals surface area contributed by atoms with Crippen LogP contribution in [0.3, 0.4) is 0 Å². The first-order valence-corrected chi connectivity index (χ1v) is 8.93. The van der Waals surface area contributed by atoms with Crippen LogP contribution in [-0.2, 0) is 9.47 Å². The van der Waals surface area contributed by atoms with Gasteiger partial charge in [-0.1, -0.05) is 0 Å². The number of hydrogen-bond acceptors (Lipinski definition) is 6. The Morgan fingerprint density at radius 1 is 0.850 bits per heavy atom. The maximum atomic E-state index is 5.31. The molecule has 0 aliphatic heterocycles. The summed E-state index contributed by atoms with van der Waals surface area (Å²) in [5, 5.41) is 3.73. The molecule has 0 amide bonds. The van der Waals surface area contributed by atoms with Gasteiger partial charge in [0.05, 0.1) is 6.54 Å². The highest BCUT2D eigenvalue weighted by molar-refractivity contribution is 7.67. The summed E-state index contributed by atoms with van der Waals surface area (Å²) in [6.45, 7) is 10.2. The van der Waals surface area contributed by atoms with E-state index in [9.17, 15) is 0 Å². The van der Waals surface area contributed by atoms with E-state index in [0.717, 1.165) is 19.6 Å². The molecule has 6 nitrogen and oxygen atoms in total. The highest BCUT2D eigenvalue weighted by Gasteiger charge is 2.51. The molecular weight excluding hydrogens is 275 g/mol. The van der Waals surface area contributed by atoms with Gasteiger partial charge in [-0.15, -0.1) is 19.1 Å². The molecule has 0 aliphatic rings. The van der Waals surface area contributed by atoms with E-state index >= 15 is 0 Å². The molecule has 0 atom stereocenters. The molecule has 0 heterocycles. The van der Waals surface area contributed by atoms with Crippen molar-refractivity contribution in [3.8, 4) is 0 Å². The summed E-state index contributed by atoms with van der Waals surface area (Å²) in [4.78, 5) is 0. The first-order chi connectivity index (χ1) is 9.44. The zero-order valence-electron chi connectivity index (χ0n) is 14.5. The van der Waals surface area contributed by atoms with Crippen LogP contribution < -0.4 is 5.09 Å². The number of nitrogens with zero attached hydrogens (tertiary/aromatic N) is 3. The Bertz CT molecular complexity index is 228. The maximum Gasteiger partial charge on any atom is 0.305 e. The lowest BCUT2D eigenvalue weighted by atomic mass is 10.6. The average molecular weight is 309 g/mol. The van der Waals surface area contributed by atoms with E-state index in [2.05, 4.69) is 61.0 Å². The molecule has 7 heteroatoms. The molecule has 0 aromatic carbocycles. The van der Waals surface area contributed by atoms with E-state index < -0.39 is 7.87 Å². The number of nitrogens with one attached hydrogen (secondary N) is 1. The molecule has 0 aromatic rings. The summed E-state index contributed by atoms with van der Waals surface area (Å²) in [6, 6.07) is 0. The van der Waals surface area contributed by atoms with Gasteiger partial charge in [0.1, 0.15) is 0 Å². The molecule has 1 N–H and O–H groups in total. The van der Waals surface area contributed by atoms with Gasteiger partial charge in [-0.25, -0.2) is 0 Å². The van der Waals surface area contributed by atoms with Gasteiger partial charge in [0.15, 0.2) is 6.29 Å². The Kier molecular flexibility index (Phi) is 10.1. The second-order valence-corrected chi connectivity index (χ2v) is 8.25. The van der Waals surface area contributed by atoms with Crippen LogP contribution in [0.4, 0.5) is 0 Å². The highest BCUT2D eigenvalue weighted by Crippen LogP contribution is 2.61. The minimum absolute atomic E-state index is 0.227. The van der Waals surface area contributed by atoms with Crippen LogP contribution in [0.25, 0.3) is 0 Å². The van der Waals surface area contributed by atoms with E-state index in [1.807, 2.05) is 0 Å². The minimum atomic E-state index is -1.76. The molecule has 122 valence electrons. The van der Waals surface area contributed by atoms with E-state index in [1.54, 1.807) is 14.2 Å². The van der Waals surface area contributed by atoms with Crippen molar-refractivity contribution in [2.45, 2.75) is 27.1 Å². The van der Waals surface area contributed by atoms with E-state index in [1.165, 1.54) is 0 Å². The van der Waals surface area contributed by atoms with Crippen molar-refractivity contribution in [2.24, 2.45) is 0 Å². The maximum absolute atomic E-state index is 5.31. The fourth-order valence-corrected chi connectivity index (χ4v) is 6.06. The summed E-state index contributed by atoms with van der Waals surface area (Å²) >= 11 is 0. The third kappa shape index (κ3) is 4.60. The SMILES string of the molecule is CCN(C)[P+](NCC(OC)OC)(N(C)CC)N(C)CC. The van der Waals surface area contributed by atoms with Crippen molar-refractivity contribution in [2.75, 3.05) is 61.5 Å². The molecule has 0 saturated heterocycles. The van der Waals surface area contributed by atoms with Crippen molar-refractivity contribution in [1.82, 2.24) is 19.1 Å². The summed E-state index contributed by atoms with van der Waals surface area (Å²) < 4.78 is 17.8. The number of methoxy groups -OCH3 is 2. The predicted molar refractivity (Wildman–Crippen MR) is 87.6 cm³/mol. The molecule has 0 aromatic heterocycles. The third-order valence-corrected chi connectivity index (χ3v) is 8.11. The quantitative estimate of drug-likeness (QED) is 0.463. The molecule has 0 aliphatic carbocycles. The fourth-order valence-electron chi connectivity index (χ4n) is 2.20. The smallest absolute Gasteiger partial charge is 0.305 e. The van der Waals surface area contributed by atoms with Crippen molar-refractivity contribution < 1.29 is 9.47 Å². The van der Waals surface area contributed by atoms with Gasteiger partial charge >= 0.3 is 7.87 Å². The second kappa shape index (κ2) is 10.0. The topological polar surface area (TPSA) is 40.2 Å². The summed E-state index contributed by atoms with van der Waals surface area (Å²) in [5.74, 6) is 0. The first kappa shape index (κ1) is 20.2. The van der Waals surface area contributed by atoms with Crippen LogP contribution in [0.15, 0.2) is 0 Å². The number of ether oxygens (including phenoxy) is 2. The number of rotatable bonds is 11. The van der Waals surface area contributed by atoms with Gasteiger partial charge in [0.25, 0.3) is 0 Å². The van der Waals surface area contributed by atoms with Crippen LogP contribution in [0.5, 0.6) is 0 Å². The van der Waals surface area contributed by atoms with Crippen molar-refractivity contribution in [3.63, 3.8) is 0 Å². The minimum Gasteiger partial charge on any atom is -0.354 e. The van der Waals surface area contributed by atoms with Crippen LogP contribution in [-0.4, -0.2) is 81.8 Å². The zero-order chi connectivity index (χ0) is 15.8. The monoisotopic (exact) mass is 309 g/mol. The van der Waals surface area contributed by atoms with Gasteiger partial charge < -0.3 is 9.47 Å². The third-order valence-electron chi connectivity index (χ3n) is 3.80. The van der Waals surface area contributed by atoms with Crippen LogP contribution in [0.2, 0.25) is 0 Å². The molecule has 0 radical (unpaired) electrons. The summed E-state index contributed by atoms with van der Waals surface area (Å²) in [7, 11) is 8.11. The van der Waals surface area contributed by atoms with Gasteiger partial charge in [0, 0.05) is 55.0 Å². The van der Waals surface area contributed by atoms with Gasteiger partial charge in [-0.05, 0) is 20.8 Å². The standard InChI is InChI=1S/C13H34N4O2P/c1-9-15(4)20(16(5)10-2,17(6)11-3)14-12-13(18-7)19-8/h13-14H,9-12H2,1-8H3/q+1. The summed E-state index contributed by atoms with van der Waals surface area (Å²) in [6.07, 6.45) is -0.227. The molecule has 0 saturated carbocycles. The van der Waals surface area contributed by atoms with Gasteiger partial charge in [0.2, 0.25) is 0 Å². The molecule has 0 unspecified atom stereocenters. The Morgan fingerprint density at radius 3 is 1.45 bits per heavy atom. The van der Waals surface area contributed by atoms with Crippen molar-refractivity contribution in [3.05, 3.63) is 0 Å². The Labute approximate surface area is 125 Å². The van der Waals surface area contributed by atoms with Crippen molar-refractivity contribution >= 4 is 7.87 Å². The van der Waals surface area contributed by atoms with Crippen LogP contribution in [0.1, 0.15) is 20.8 Å². The predicted octanol–water partition coefficient (Wildman–Crippen LogP) is 1.73. The van der Waals surface area contributed by atoms with Crippen molar-refractivity contribution in [1.29, 1.82) is 0 Å². The normalized spacial score (nSPS) is 13.2.